The van der Waals surface area contributed by atoms with E-state index in [2.05, 4.69) is 23.4 Å². The lowest BCUT2D eigenvalue weighted by molar-refractivity contribution is -0.114. The first-order chi connectivity index (χ1) is 7.39. The van der Waals surface area contributed by atoms with Crippen molar-refractivity contribution < 1.29 is 9.53 Å². The highest BCUT2D eigenvalue weighted by Crippen LogP contribution is 1.84. The van der Waals surface area contributed by atoms with Crippen molar-refractivity contribution in [1.82, 2.24) is 5.32 Å². The summed E-state index contributed by atoms with van der Waals surface area (Å²) >= 11 is 1.75. The monoisotopic (exact) mass is 273 g/mol. The molecule has 0 fully saturated rings. The van der Waals surface area contributed by atoms with Gasteiger partial charge in [0.1, 0.15) is 5.78 Å². The van der Waals surface area contributed by atoms with Gasteiger partial charge in [0, 0.05) is 14.2 Å². The maximum Gasteiger partial charge on any atom is 0.126 e. The van der Waals surface area contributed by atoms with Crippen LogP contribution in [0.3, 0.4) is 0 Å². The van der Waals surface area contributed by atoms with Crippen LogP contribution < -0.4 is 5.32 Å². The molecule has 5 heteroatoms. The Bertz CT molecular complexity index is 74.4. The maximum absolute atomic E-state index is 9.44. The van der Waals surface area contributed by atoms with Crippen LogP contribution in [-0.2, 0) is 9.53 Å². The number of ether oxygens (including phenoxy) is 1. The first-order valence-corrected chi connectivity index (χ1v) is 8.47. The summed E-state index contributed by atoms with van der Waals surface area (Å²) in [5.41, 5.74) is 0. The van der Waals surface area contributed by atoms with E-state index < -0.39 is 0 Å². The van der Waals surface area contributed by atoms with Crippen molar-refractivity contribution in [2.45, 2.75) is 13.8 Å². The third kappa shape index (κ3) is 18800. The van der Waals surface area contributed by atoms with Gasteiger partial charge in [-0.05, 0) is 53.8 Å². The van der Waals surface area contributed by atoms with E-state index in [0.29, 0.717) is 0 Å². The van der Waals surface area contributed by atoms with Gasteiger partial charge in [0.2, 0.25) is 0 Å². The Hall–Kier alpha value is 0.370. The fraction of sp³-hybridized carbons (Fsp3) is 0.909. The number of methoxy groups -OCH3 is 1. The molecule has 0 unspecified atom stereocenters. The highest BCUT2D eigenvalue weighted by Gasteiger charge is 1.62. The predicted octanol–water partition coefficient (Wildman–Crippen LogP) is 2.60. The molecular formula is C11H32NO2PS. The summed E-state index contributed by atoms with van der Waals surface area (Å²) in [6.07, 6.45) is 4.08. The average molecular weight is 273 g/mol. The Labute approximate surface area is 109 Å². The summed E-state index contributed by atoms with van der Waals surface area (Å²) in [5.74, 6) is 0.167. The number of Topliss-reactive ketones (excluding diaryl/α,β-unsaturated/α-hetero) is 1. The quantitative estimate of drug-likeness (QED) is 0.689. The second kappa shape index (κ2) is 58.4. The molecule has 0 amide bonds. The van der Waals surface area contributed by atoms with Gasteiger partial charge in [-0.3, -0.25) is 0 Å². The van der Waals surface area contributed by atoms with Crippen LogP contribution in [0.5, 0.6) is 0 Å². The standard InChI is InChI=1S/C3H6O.C2H7N.C2H6O.C2H7P.C2H6S/c1-3(2)4;4*1-3-2/h1-2H3;3H,1-2H3;1-2H3;3H,1-2H3;1-2H3. The molecule has 0 saturated heterocycles. The van der Waals surface area contributed by atoms with Gasteiger partial charge in [-0.25, -0.2) is 0 Å². The number of carbonyl (C=O) groups is 1. The summed E-state index contributed by atoms with van der Waals surface area (Å²) in [4.78, 5) is 9.44. The topological polar surface area (TPSA) is 38.3 Å². The van der Waals surface area contributed by atoms with Gasteiger partial charge in [0.05, 0.1) is 0 Å². The second-order valence-corrected chi connectivity index (χ2v) is 4.54. The summed E-state index contributed by atoms with van der Waals surface area (Å²) in [7, 11) is 8.08. The predicted molar refractivity (Wildman–Crippen MR) is 83.9 cm³/mol. The van der Waals surface area contributed by atoms with E-state index in [0.717, 1.165) is 8.58 Å². The van der Waals surface area contributed by atoms with Crippen LogP contribution in [0.25, 0.3) is 0 Å². The SMILES string of the molecule is CC(C)=O.CNC.COC.CPC.CSC. The molecule has 0 aromatic rings. The molecular weight excluding hydrogens is 241 g/mol. The zero-order valence-corrected chi connectivity index (χ0v) is 14.5. The minimum absolute atomic E-state index is 0.167. The average Bonchev–Trinajstić information content (AvgIpc) is 2.06. The van der Waals surface area contributed by atoms with Crippen molar-refractivity contribution in [1.29, 1.82) is 0 Å². The molecule has 1 N–H and O–H groups in total. The van der Waals surface area contributed by atoms with E-state index in [-0.39, 0.29) is 5.78 Å². The van der Waals surface area contributed by atoms with Gasteiger partial charge in [-0.1, -0.05) is 0 Å². The Balaban J connectivity index is -0.0000000317. The third-order valence-electron chi connectivity index (χ3n) is 0. The van der Waals surface area contributed by atoms with Crippen LogP contribution in [0.4, 0.5) is 0 Å². The number of thioether (sulfide) groups is 1. The van der Waals surface area contributed by atoms with E-state index in [4.69, 9.17) is 0 Å². The van der Waals surface area contributed by atoms with Crippen LogP contribution in [0.1, 0.15) is 13.8 Å². The molecule has 0 bridgehead atoms. The zero-order valence-electron chi connectivity index (χ0n) is 12.7. The highest BCUT2D eigenvalue weighted by molar-refractivity contribution is 7.97. The number of ketones is 1. The summed E-state index contributed by atoms with van der Waals surface area (Å²) in [5, 5.41) is 2.75. The van der Waals surface area contributed by atoms with E-state index in [1.54, 1.807) is 26.0 Å². The Morgan fingerprint density at radius 3 is 1.12 bits per heavy atom. The van der Waals surface area contributed by atoms with E-state index in [1.165, 1.54) is 13.8 Å². The largest absolute Gasteiger partial charge is 0.388 e. The van der Waals surface area contributed by atoms with Crippen molar-refractivity contribution >= 4 is 26.1 Å². The lowest BCUT2D eigenvalue weighted by Gasteiger charge is -1.61. The minimum atomic E-state index is 0.167. The fourth-order valence-electron chi connectivity index (χ4n) is 0. The molecule has 0 aliphatic carbocycles. The maximum atomic E-state index is 9.44. The van der Waals surface area contributed by atoms with Crippen molar-refractivity contribution in [3.05, 3.63) is 0 Å². The van der Waals surface area contributed by atoms with Gasteiger partial charge in [0.25, 0.3) is 0 Å². The van der Waals surface area contributed by atoms with Crippen LogP contribution in [0, 0.1) is 0 Å². The van der Waals surface area contributed by atoms with Gasteiger partial charge >= 0.3 is 0 Å². The van der Waals surface area contributed by atoms with Gasteiger partial charge in [-0.2, -0.15) is 11.8 Å². The van der Waals surface area contributed by atoms with Gasteiger partial charge < -0.3 is 14.8 Å². The van der Waals surface area contributed by atoms with E-state index in [9.17, 15) is 4.79 Å². The van der Waals surface area contributed by atoms with Crippen molar-refractivity contribution in [2.24, 2.45) is 0 Å². The molecule has 0 aromatic carbocycles. The molecule has 0 saturated carbocycles. The molecule has 0 aliphatic rings. The molecule has 0 aromatic heterocycles. The molecule has 0 aliphatic heterocycles. The lowest BCUT2D eigenvalue weighted by atomic mass is 10.6. The third-order valence-corrected chi connectivity index (χ3v) is 0. The molecule has 0 heterocycles. The Morgan fingerprint density at radius 2 is 1.12 bits per heavy atom. The van der Waals surface area contributed by atoms with Crippen LogP contribution in [0.2, 0.25) is 0 Å². The van der Waals surface area contributed by atoms with Crippen molar-refractivity contribution in [3.63, 3.8) is 0 Å². The van der Waals surface area contributed by atoms with Crippen LogP contribution in [-0.4, -0.2) is 59.9 Å². The van der Waals surface area contributed by atoms with Crippen LogP contribution >= 0.6 is 20.3 Å². The number of hydrogen-bond acceptors (Lipinski definition) is 4. The fourth-order valence-corrected chi connectivity index (χ4v) is 0. The van der Waals surface area contributed by atoms with Gasteiger partial charge in [-0.15, -0.1) is 8.58 Å². The summed E-state index contributed by atoms with van der Waals surface area (Å²) < 4.78 is 4.25. The minimum Gasteiger partial charge on any atom is -0.388 e. The molecule has 0 radical (unpaired) electrons. The number of nitrogens with one attached hydrogen (secondary N) is 1. The van der Waals surface area contributed by atoms with E-state index >= 15 is 0 Å². The molecule has 16 heavy (non-hydrogen) atoms. The zero-order chi connectivity index (χ0) is 14.4. The molecule has 104 valence electrons. The first-order valence-electron chi connectivity index (χ1n) is 4.84. The summed E-state index contributed by atoms with van der Waals surface area (Å²) in [6.45, 7) is 7.36. The summed E-state index contributed by atoms with van der Waals surface area (Å²) in [6, 6.07) is 0. The molecule has 0 rings (SSSR count). The number of rotatable bonds is 0. The lowest BCUT2D eigenvalue weighted by Crippen LogP contribution is -1.89. The number of hydrogen-bond donors (Lipinski definition) is 1. The first kappa shape index (κ1) is 29.9. The van der Waals surface area contributed by atoms with Crippen molar-refractivity contribution in [2.75, 3.05) is 54.2 Å². The Morgan fingerprint density at radius 1 is 1.12 bits per heavy atom. The Kier molecular flexibility index (Phi) is 109. The second-order valence-electron chi connectivity index (χ2n) is 2.72. The number of carbonyl (C=O) groups excluding carboxylic acids is 1. The molecule has 0 atom stereocenters. The smallest absolute Gasteiger partial charge is 0.126 e. The normalized spacial score (nSPS) is 6.12. The van der Waals surface area contributed by atoms with E-state index in [1.807, 2.05) is 26.6 Å². The molecule has 0 spiro atoms. The van der Waals surface area contributed by atoms with Gasteiger partial charge in [0.15, 0.2) is 0 Å². The van der Waals surface area contributed by atoms with Crippen LogP contribution in [0.15, 0.2) is 0 Å². The highest BCUT2D eigenvalue weighted by atomic mass is 32.2. The molecule has 3 nitrogen and oxygen atoms in total. The van der Waals surface area contributed by atoms with Crippen molar-refractivity contribution in [3.8, 4) is 0 Å².